The SMILES string of the molecule is CC(C)Oc1cccc(CNC2CCCS(=O)(=O)C2)c1. The van der Waals surface area contributed by atoms with E-state index < -0.39 is 9.84 Å². The van der Waals surface area contributed by atoms with Crippen molar-refractivity contribution in [3.05, 3.63) is 29.8 Å². The van der Waals surface area contributed by atoms with E-state index in [9.17, 15) is 8.42 Å². The van der Waals surface area contributed by atoms with Gasteiger partial charge in [-0.05, 0) is 44.4 Å². The Morgan fingerprint density at radius 2 is 2.20 bits per heavy atom. The van der Waals surface area contributed by atoms with Crippen molar-refractivity contribution in [2.75, 3.05) is 11.5 Å². The first kappa shape index (κ1) is 15.3. The van der Waals surface area contributed by atoms with Crippen LogP contribution in [0.3, 0.4) is 0 Å². The van der Waals surface area contributed by atoms with Crippen molar-refractivity contribution < 1.29 is 13.2 Å². The van der Waals surface area contributed by atoms with Crippen LogP contribution in [-0.4, -0.2) is 32.1 Å². The molecule has 1 atom stereocenters. The zero-order valence-electron chi connectivity index (χ0n) is 12.1. The van der Waals surface area contributed by atoms with Crippen LogP contribution in [0.2, 0.25) is 0 Å². The summed E-state index contributed by atoms with van der Waals surface area (Å²) in [7, 11) is -2.85. The third-order valence-electron chi connectivity index (χ3n) is 3.33. The van der Waals surface area contributed by atoms with Crippen LogP contribution >= 0.6 is 0 Å². The summed E-state index contributed by atoms with van der Waals surface area (Å²) in [6.07, 6.45) is 1.85. The second-order valence-corrected chi connectivity index (χ2v) is 7.88. The van der Waals surface area contributed by atoms with E-state index in [1.807, 2.05) is 38.1 Å². The molecule has 1 aliphatic rings. The Kier molecular flexibility index (Phi) is 5.05. The van der Waals surface area contributed by atoms with Crippen LogP contribution in [0.1, 0.15) is 32.3 Å². The summed E-state index contributed by atoms with van der Waals surface area (Å²) in [5, 5.41) is 3.34. The van der Waals surface area contributed by atoms with E-state index >= 15 is 0 Å². The van der Waals surface area contributed by atoms with Crippen LogP contribution in [0.25, 0.3) is 0 Å². The van der Waals surface area contributed by atoms with E-state index in [0.717, 1.165) is 24.2 Å². The largest absolute Gasteiger partial charge is 0.491 e. The standard InChI is InChI=1S/C15H23NO3S/c1-12(2)19-15-7-3-5-13(9-15)10-16-14-6-4-8-20(17,18)11-14/h3,5,7,9,12,14,16H,4,6,8,10-11H2,1-2H3. The number of benzene rings is 1. The summed E-state index contributed by atoms with van der Waals surface area (Å²) in [5.74, 6) is 1.45. The molecule has 0 spiro atoms. The van der Waals surface area contributed by atoms with Gasteiger partial charge in [-0.2, -0.15) is 0 Å². The van der Waals surface area contributed by atoms with Gasteiger partial charge in [0.1, 0.15) is 5.75 Å². The second-order valence-electron chi connectivity index (χ2n) is 5.65. The van der Waals surface area contributed by atoms with Crippen LogP contribution in [0.4, 0.5) is 0 Å². The predicted octanol–water partition coefficient (Wildman–Crippen LogP) is 2.14. The van der Waals surface area contributed by atoms with Gasteiger partial charge in [0.2, 0.25) is 0 Å². The highest BCUT2D eigenvalue weighted by molar-refractivity contribution is 7.91. The molecule has 0 amide bonds. The summed E-state index contributed by atoms with van der Waals surface area (Å²) in [4.78, 5) is 0. The van der Waals surface area contributed by atoms with Gasteiger partial charge in [0.05, 0.1) is 17.6 Å². The first-order valence-corrected chi connectivity index (χ1v) is 8.96. The van der Waals surface area contributed by atoms with Crippen molar-refractivity contribution in [3.63, 3.8) is 0 Å². The molecule has 1 fully saturated rings. The van der Waals surface area contributed by atoms with Crippen LogP contribution in [-0.2, 0) is 16.4 Å². The summed E-state index contributed by atoms with van der Waals surface area (Å²) in [6, 6.07) is 8.01. The lowest BCUT2D eigenvalue weighted by atomic mass is 10.1. The van der Waals surface area contributed by atoms with Crippen LogP contribution in [0.5, 0.6) is 5.75 Å². The van der Waals surface area contributed by atoms with Gasteiger partial charge in [-0.25, -0.2) is 8.42 Å². The Labute approximate surface area is 121 Å². The maximum Gasteiger partial charge on any atom is 0.151 e. The minimum atomic E-state index is -2.85. The molecule has 1 unspecified atom stereocenters. The van der Waals surface area contributed by atoms with Crippen molar-refractivity contribution in [1.82, 2.24) is 5.32 Å². The molecular weight excluding hydrogens is 274 g/mol. The Morgan fingerprint density at radius 1 is 1.40 bits per heavy atom. The van der Waals surface area contributed by atoms with Gasteiger partial charge >= 0.3 is 0 Å². The number of hydrogen-bond acceptors (Lipinski definition) is 4. The Bertz CT molecular complexity index is 540. The summed E-state index contributed by atoms with van der Waals surface area (Å²) in [5.41, 5.74) is 1.12. The fourth-order valence-corrected chi connectivity index (χ4v) is 4.12. The fourth-order valence-electron chi connectivity index (χ4n) is 2.45. The lowest BCUT2D eigenvalue weighted by Gasteiger charge is -2.23. The van der Waals surface area contributed by atoms with Crippen molar-refractivity contribution in [1.29, 1.82) is 0 Å². The molecule has 1 aromatic carbocycles. The quantitative estimate of drug-likeness (QED) is 0.904. The van der Waals surface area contributed by atoms with E-state index in [1.165, 1.54) is 0 Å². The summed E-state index contributed by atoms with van der Waals surface area (Å²) < 4.78 is 28.8. The average Bonchev–Trinajstić information content (AvgIpc) is 2.35. The highest BCUT2D eigenvalue weighted by Gasteiger charge is 2.24. The number of hydrogen-bond donors (Lipinski definition) is 1. The molecule has 1 saturated heterocycles. The molecule has 1 aromatic rings. The predicted molar refractivity (Wildman–Crippen MR) is 80.7 cm³/mol. The molecule has 1 N–H and O–H groups in total. The number of rotatable bonds is 5. The topological polar surface area (TPSA) is 55.4 Å². The highest BCUT2D eigenvalue weighted by atomic mass is 32.2. The number of ether oxygens (including phenoxy) is 1. The molecule has 0 aromatic heterocycles. The molecule has 5 heteroatoms. The van der Waals surface area contributed by atoms with Gasteiger partial charge in [0.25, 0.3) is 0 Å². The van der Waals surface area contributed by atoms with Crippen LogP contribution in [0, 0.1) is 0 Å². The Hall–Kier alpha value is -1.07. The Morgan fingerprint density at radius 3 is 2.90 bits per heavy atom. The molecule has 2 rings (SSSR count). The van der Waals surface area contributed by atoms with Crippen LogP contribution < -0.4 is 10.1 Å². The van der Waals surface area contributed by atoms with Gasteiger partial charge in [-0.1, -0.05) is 12.1 Å². The van der Waals surface area contributed by atoms with Crippen molar-refractivity contribution >= 4 is 9.84 Å². The lowest BCUT2D eigenvalue weighted by Crippen LogP contribution is -2.39. The molecule has 0 radical (unpaired) electrons. The molecule has 0 aliphatic carbocycles. The van der Waals surface area contributed by atoms with Crippen molar-refractivity contribution in [2.24, 2.45) is 0 Å². The molecule has 1 aliphatic heterocycles. The van der Waals surface area contributed by atoms with Gasteiger partial charge in [-0.15, -0.1) is 0 Å². The van der Waals surface area contributed by atoms with E-state index in [-0.39, 0.29) is 17.9 Å². The smallest absolute Gasteiger partial charge is 0.151 e. The molecule has 4 nitrogen and oxygen atoms in total. The van der Waals surface area contributed by atoms with Crippen molar-refractivity contribution in [3.8, 4) is 5.75 Å². The first-order chi connectivity index (χ1) is 9.44. The molecule has 112 valence electrons. The summed E-state index contributed by atoms with van der Waals surface area (Å²) >= 11 is 0. The second kappa shape index (κ2) is 6.59. The maximum absolute atomic E-state index is 11.6. The molecule has 1 heterocycles. The van der Waals surface area contributed by atoms with Gasteiger partial charge in [-0.3, -0.25) is 0 Å². The van der Waals surface area contributed by atoms with E-state index in [0.29, 0.717) is 12.3 Å². The van der Waals surface area contributed by atoms with Crippen molar-refractivity contribution in [2.45, 2.75) is 45.4 Å². The fraction of sp³-hybridized carbons (Fsp3) is 0.600. The van der Waals surface area contributed by atoms with E-state index in [2.05, 4.69) is 5.32 Å². The highest BCUT2D eigenvalue weighted by Crippen LogP contribution is 2.16. The molecule has 20 heavy (non-hydrogen) atoms. The molecule has 0 bridgehead atoms. The monoisotopic (exact) mass is 297 g/mol. The Balaban J connectivity index is 1.90. The zero-order valence-corrected chi connectivity index (χ0v) is 12.9. The van der Waals surface area contributed by atoms with E-state index in [4.69, 9.17) is 4.74 Å². The number of sulfone groups is 1. The minimum absolute atomic E-state index is 0.0726. The van der Waals surface area contributed by atoms with Crippen LogP contribution in [0.15, 0.2) is 24.3 Å². The van der Waals surface area contributed by atoms with Gasteiger partial charge in [0, 0.05) is 12.6 Å². The van der Waals surface area contributed by atoms with Gasteiger partial charge < -0.3 is 10.1 Å². The lowest BCUT2D eigenvalue weighted by molar-refractivity contribution is 0.242. The normalized spacial score (nSPS) is 21.9. The average molecular weight is 297 g/mol. The number of nitrogens with one attached hydrogen (secondary N) is 1. The zero-order chi connectivity index (χ0) is 14.6. The maximum atomic E-state index is 11.6. The third-order valence-corrected chi connectivity index (χ3v) is 5.15. The minimum Gasteiger partial charge on any atom is -0.491 e. The molecule has 0 saturated carbocycles. The summed E-state index contributed by atoms with van der Waals surface area (Å²) in [6.45, 7) is 4.67. The first-order valence-electron chi connectivity index (χ1n) is 7.14. The molecular formula is C15H23NO3S. The third kappa shape index (κ3) is 4.80. The van der Waals surface area contributed by atoms with Gasteiger partial charge in [0.15, 0.2) is 9.84 Å². The van der Waals surface area contributed by atoms with E-state index in [1.54, 1.807) is 0 Å².